The van der Waals surface area contributed by atoms with Crippen LogP contribution in [0.15, 0.2) is 12.5 Å². The fraction of sp³-hybridized carbons (Fsp3) is 0.611. The molecule has 2 aromatic rings. The number of carbonyl (C=O) groups excluding carboxylic acids is 1. The van der Waals surface area contributed by atoms with Crippen LogP contribution in [0.5, 0.6) is 0 Å². The quantitative estimate of drug-likeness (QED) is 0.789. The van der Waals surface area contributed by atoms with Gasteiger partial charge in [-0.2, -0.15) is 13.2 Å². The molecule has 1 aliphatic rings. The zero-order valence-corrected chi connectivity index (χ0v) is 16.5. The fourth-order valence-electron chi connectivity index (χ4n) is 3.38. The molecule has 0 saturated carbocycles. The van der Waals surface area contributed by atoms with E-state index >= 15 is 0 Å². The van der Waals surface area contributed by atoms with Crippen LogP contribution < -0.4 is 4.90 Å². The number of fused-ring (bicyclic) bond motifs is 1. The van der Waals surface area contributed by atoms with E-state index in [-0.39, 0.29) is 28.9 Å². The summed E-state index contributed by atoms with van der Waals surface area (Å²) in [6.45, 7) is 9.69. The smallest absolute Gasteiger partial charge is 0.418 e. The zero-order chi connectivity index (χ0) is 20.9. The maximum atomic E-state index is 13.4. The molecular weight excluding hydrogens is 375 g/mol. The summed E-state index contributed by atoms with van der Waals surface area (Å²) >= 11 is 0. The third kappa shape index (κ3) is 3.85. The molecule has 3 heterocycles. The van der Waals surface area contributed by atoms with Gasteiger partial charge in [0.05, 0.1) is 10.9 Å². The van der Waals surface area contributed by atoms with Crippen molar-refractivity contribution in [3.8, 4) is 0 Å². The number of rotatable bonds is 1. The number of H-pyrrole nitrogens is 1. The molecule has 28 heavy (non-hydrogen) atoms. The molecule has 0 radical (unpaired) electrons. The van der Waals surface area contributed by atoms with Crippen molar-refractivity contribution in [3.63, 3.8) is 0 Å². The van der Waals surface area contributed by atoms with Crippen molar-refractivity contribution in [3.05, 3.63) is 18.1 Å². The first kappa shape index (κ1) is 20.2. The summed E-state index contributed by atoms with van der Waals surface area (Å²) in [7, 11) is 0. The number of nitrogens with zero attached hydrogens (tertiary/aromatic N) is 4. The number of alkyl halides is 3. The number of aromatic amines is 1. The Kier molecular flexibility index (Phi) is 4.93. The summed E-state index contributed by atoms with van der Waals surface area (Å²) in [4.78, 5) is 26.5. The van der Waals surface area contributed by atoms with Gasteiger partial charge < -0.3 is 19.5 Å². The van der Waals surface area contributed by atoms with Crippen molar-refractivity contribution in [2.45, 2.75) is 58.5 Å². The number of nitrogens with one attached hydrogen (secondary N) is 1. The molecule has 1 fully saturated rings. The Balaban J connectivity index is 1.92. The molecule has 10 heteroatoms. The Labute approximate surface area is 160 Å². The number of piperazine rings is 1. The van der Waals surface area contributed by atoms with Crippen molar-refractivity contribution in [1.29, 1.82) is 0 Å². The van der Waals surface area contributed by atoms with Crippen molar-refractivity contribution in [2.24, 2.45) is 0 Å². The molecule has 3 rings (SSSR count). The highest BCUT2D eigenvalue weighted by Crippen LogP contribution is 2.39. The van der Waals surface area contributed by atoms with Gasteiger partial charge in [0, 0.05) is 31.4 Å². The van der Waals surface area contributed by atoms with Crippen LogP contribution in [-0.2, 0) is 10.9 Å². The SMILES string of the molecule is C[C@@H]1CN(c2ncnc3[nH]cc(C(F)(F)F)c23)[C@H](C)CN1C(=O)OC(C)(C)C. The summed E-state index contributed by atoms with van der Waals surface area (Å²) in [6, 6.07) is -0.512. The molecule has 1 saturated heterocycles. The molecule has 2 aromatic heterocycles. The largest absolute Gasteiger partial charge is 0.444 e. The van der Waals surface area contributed by atoms with Crippen LogP contribution in [0, 0.1) is 0 Å². The summed E-state index contributed by atoms with van der Waals surface area (Å²) < 4.78 is 45.7. The van der Waals surface area contributed by atoms with E-state index in [1.807, 2.05) is 13.8 Å². The van der Waals surface area contributed by atoms with Crippen LogP contribution in [0.2, 0.25) is 0 Å². The van der Waals surface area contributed by atoms with Gasteiger partial charge in [-0.05, 0) is 34.6 Å². The van der Waals surface area contributed by atoms with E-state index in [9.17, 15) is 18.0 Å². The van der Waals surface area contributed by atoms with E-state index in [1.165, 1.54) is 6.33 Å². The van der Waals surface area contributed by atoms with Crippen LogP contribution in [0.3, 0.4) is 0 Å². The van der Waals surface area contributed by atoms with Crippen molar-refractivity contribution >= 4 is 22.9 Å². The molecule has 0 aromatic carbocycles. The van der Waals surface area contributed by atoms with Crippen molar-refractivity contribution < 1.29 is 22.7 Å². The van der Waals surface area contributed by atoms with Gasteiger partial charge in [-0.25, -0.2) is 14.8 Å². The van der Waals surface area contributed by atoms with Gasteiger partial charge in [0.15, 0.2) is 0 Å². The average Bonchev–Trinajstić information content (AvgIpc) is 2.99. The van der Waals surface area contributed by atoms with Gasteiger partial charge in [-0.3, -0.25) is 0 Å². The van der Waals surface area contributed by atoms with Crippen LogP contribution in [0.25, 0.3) is 11.0 Å². The number of anilines is 1. The first-order valence-corrected chi connectivity index (χ1v) is 9.04. The average molecular weight is 399 g/mol. The Bertz CT molecular complexity index is 874. The van der Waals surface area contributed by atoms with Crippen LogP contribution in [0.4, 0.5) is 23.8 Å². The van der Waals surface area contributed by atoms with Gasteiger partial charge >= 0.3 is 12.3 Å². The second-order valence-electron chi connectivity index (χ2n) is 8.10. The standard InChI is InChI=1S/C18H24F3N5O2/c1-10-8-26(16(27)28-17(3,4)5)11(2)7-25(10)15-13-12(18(19,20)21)6-22-14(13)23-9-24-15/h6,9-11H,7-8H2,1-5H3,(H,22,23,24)/t10-,11-/m1/s1. The third-order valence-electron chi connectivity index (χ3n) is 4.64. The summed E-state index contributed by atoms with van der Waals surface area (Å²) in [5, 5.41) is -0.0558. The first-order chi connectivity index (χ1) is 12.9. The van der Waals surface area contributed by atoms with Crippen LogP contribution >= 0.6 is 0 Å². The number of aromatic nitrogens is 3. The molecular formula is C18H24F3N5O2. The van der Waals surface area contributed by atoms with Crippen molar-refractivity contribution in [2.75, 3.05) is 18.0 Å². The minimum absolute atomic E-state index is 0.0558. The Morgan fingerprint density at radius 2 is 1.86 bits per heavy atom. The van der Waals surface area contributed by atoms with Gasteiger partial charge in [0.2, 0.25) is 0 Å². The van der Waals surface area contributed by atoms with E-state index in [0.717, 1.165) is 6.20 Å². The highest BCUT2D eigenvalue weighted by Gasteiger charge is 2.39. The minimum atomic E-state index is -4.52. The number of ether oxygens (including phenoxy) is 1. The van der Waals surface area contributed by atoms with Gasteiger partial charge in [-0.15, -0.1) is 0 Å². The number of halogens is 3. The molecule has 154 valence electrons. The zero-order valence-electron chi connectivity index (χ0n) is 16.5. The number of hydrogen-bond donors (Lipinski definition) is 1. The topological polar surface area (TPSA) is 74.4 Å². The summed E-state index contributed by atoms with van der Waals surface area (Å²) in [5.74, 6) is 0.210. The van der Waals surface area contributed by atoms with E-state index in [4.69, 9.17) is 4.74 Å². The Morgan fingerprint density at radius 3 is 2.46 bits per heavy atom. The lowest BCUT2D eigenvalue weighted by atomic mass is 10.1. The van der Waals surface area contributed by atoms with E-state index in [1.54, 1.807) is 30.6 Å². The lowest BCUT2D eigenvalue weighted by molar-refractivity contribution is -0.136. The number of amides is 1. The van der Waals surface area contributed by atoms with Crippen LogP contribution in [-0.4, -0.2) is 56.7 Å². The fourth-order valence-corrected chi connectivity index (χ4v) is 3.38. The highest BCUT2D eigenvalue weighted by molar-refractivity contribution is 5.91. The number of hydrogen-bond acceptors (Lipinski definition) is 5. The maximum Gasteiger partial charge on any atom is 0.418 e. The Hall–Kier alpha value is -2.52. The molecule has 0 bridgehead atoms. The summed E-state index contributed by atoms with van der Waals surface area (Å²) in [6.07, 6.45) is -2.80. The first-order valence-electron chi connectivity index (χ1n) is 9.04. The normalized spacial score (nSPS) is 21.3. The molecule has 1 aliphatic heterocycles. The lowest BCUT2D eigenvalue weighted by Gasteiger charge is -2.44. The van der Waals surface area contributed by atoms with Gasteiger partial charge in [0.25, 0.3) is 0 Å². The minimum Gasteiger partial charge on any atom is -0.444 e. The van der Waals surface area contributed by atoms with E-state index in [2.05, 4.69) is 15.0 Å². The molecule has 0 unspecified atom stereocenters. The lowest BCUT2D eigenvalue weighted by Crippen LogP contribution is -2.59. The van der Waals surface area contributed by atoms with Gasteiger partial charge in [0.1, 0.15) is 23.4 Å². The maximum absolute atomic E-state index is 13.4. The Morgan fingerprint density at radius 1 is 1.18 bits per heavy atom. The second-order valence-corrected chi connectivity index (χ2v) is 8.10. The van der Waals surface area contributed by atoms with E-state index in [0.29, 0.717) is 13.1 Å². The molecule has 0 aliphatic carbocycles. The van der Waals surface area contributed by atoms with Gasteiger partial charge in [-0.1, -0.05) is 0 Å². The third-order valence-corrected chi connectivity index (χ3v) is 4.64. The molecule has 2 atom stereocenters. The molecule has 0 spiro atoms. The van der Waals surface area contributed by atoms with E-state index < -0.39 is 23.4 Å². The number of carbonyl (C=O) groups is 1. The molecule has 7 nitrogen and oxygen atoms in total. The second kappa shape index (κ2) is 6.82. The molecule has 1 N–H and O–H groups in total. The summed E-state index contributed by atoms with van der Waals surface area (Å²) in [5.41, 5.74) is -1.29. The van der Waals surface area contributed by atoms with Crippen LogP contribution in [0.1, 0.15) is 40.2 Å². The van der Waals surface area contributed by atoms with Crippen molar-refractivity contribution in [1.82, 2.24) is 19.9 Å². The predicted molar refractivity (Wildman–Crippen MR) is 98.1 cm³/mol. The monoisotopic (exact) mass is 399 g/mol. The molecule has 1 amide bonds. The highest BCUT2D eigenvalue weighted by atomic mass is 19.4. The predicted octanol–water partition coefficient (Wildman–Crippen LogP) is 3.81.